The second kappa shape index (κ2) is 10.7. The standard InChI is InChI=1S/C27H29FN2O3S/c1-4-18-5-11-22(12-6-18)33-17-24-23-16-26(32-3)25(31-2)15-19(23)13-14-30(24)27(34)29-21-9-7-20(28)8-10-21/h5-12,15-16,24H,4,13-14,17H2,1-3H3,(H,29,34). The fourth-order valence-electron chi connectivity index (χ4n) is 4.18. The maximum absolute atomic E-state index is 13.3. The van der Waals surface area contributed by atoms with Crippen LogP contribution >= 0.6 is 12.2 Å². The molecule has 0 aliphatic carbocycles. The van der Waals surface area contributed by atoms with Crippen LogP contribution in [0.5, 0.6) is 17.2 Å². The van der Waals surface area contributed by atoms with Gasteiger partial charge in [-0.15, -0.1) is 0 Å². The van der Waals surface area contributed by atoms with Gasteiger partial charge in [-0.2, -0.15) is 0 Å². The Hall–Kier alpha value is -3.32. The normalized spacial score (nSPS) is 14.8. The van der Waals surface area contributed by atoms with Crippen LogP contribution in [0.1, 0.15) is 29.7 Å². The van der Waals surface area contributed by atoms with E-state index in [4.69, 9.17) is 26.4 Å². The molecule has 1 aliphatic heterocycles. The molecule has 1 N–H and O–H groups in total. The molecule has 1 atom stereocenters. The number of fused-ring (bicyclic) bond motifs is 1. The predicted molar refractivity (Wildman–Crippen MR) is 137 cm³/mol. The van der Waals surface area contributed by atoms with Crippen molar-refractivity contribution in [3.05, 3.63) is 83.2 Å². The summed E-state index contributed by atoms with van der Waals surface area (Å²) >= 11 is 5.78. The van der Waals surface area contributed by atoms with Crippen LogP contribution in [0.25, 0.3) is 0 Å². The van der Waals surface area contributed by atoms with E-state index in [9.17, 15) is 4.39 Å². The Morgan fingerprint density at radius 1 is 1.03 bits per heavy atom. The summed E-state index contributed by atoms with van der Waals surface area (Å²) in [7, 11) is 3.27. The van der Waals surface area contributed by atoms with Crippen molar-refractivity contribution >= 4 is 23.0 Å². The number of hydrogen-bond acceptors (Lipinski definition) is 4. The molecule has 0 radical (unpaired) electrons. The topological polar surface area (TPSA) is 43.0 Å². The van der Waals surface area contributed by atoms with Gasteiger partial charge < -0.3 is 24.4 Å². The van der Waals surface area contributed by atoms with Crippen molar-refractivity contribution in [3.8, 4) is 17.2 Å². The monoisotopic (exact) mass is 480 g/mol. The third-order valence-electron chi connectivity index (χ3n) is 6.10. The quantitative estimate of drug-likeness (QED) is 0.433. The van der Waals surface area contributed by atoms with Gasteiger partial charge in [0.1, 0.15) is 18.2 Å². The van der Waals surface area contributed by atoms with Crippen molar-refractivity contribution in [1.29, 1.82) is 0 Å². The molecule has 3 aromatic carbocycles. The zero-order valence-corrected chi connectivity index (χ0v) is 20.5. The number of hydrogen-bond donors (Lipinski definition) is 1. The number of aryl methyl sites for hydroxylation is 1. The Morgan fingerprint density at radius 3 is 2.35 bits per heavy atom. The minimum Gasteiger partial charge on any atom is -0.493 e. The number of methoxy groups -OCH3 is 2. The molecule has 1 heterocycles. The van der Waals surface area contributed by atoms with Crippen LogP contribution in [-0.4, -0.2) is 37.4 Å². The summed E-state index contributed by atoms with van der Waals surface area (Å²) in [4.78, 5) is 2.12. The first-order valence-corrected chi connectivity index (χ1v) is 11.7. The van der Waals surface area contributed by atoms with Crippen LogP contribution in [0.15, 0.2) is 60.7 Å². The Kier molecular flexibility index (Phi) is 7.53. The summed E-state index contributed by atoms with van der Waals surface area (Å²) in [6.07, 6.45) is 1.78. The summed E-state index contributed by atoms with van der Waals surface area (Å²) in [6.45, 7) is 3.24. The molecule has 0 saturated carbocycles. The highest BCUT2D eigenvalue weighted by Gasteiger charge is 2.31. The van der Waals surface area contributed by atoms with E-state index in [0.29, 0.717) is 29.8 Å². The molecule has 4 rings (SSSR count). The molecule has 178 valence electrons. The Bertz CT molecular complexity index is 1140. The van der Waals surface area contributed by atoms with Gasteiger partial charge in [-0.05, 0) is 90.3 Å². The maximum atomic E-state index is 13.3. The summed E-state index contributed by atoms with van der Waals surface area (Å²) < 4.78 is 30.7. The molecule has 0 fully saturated rings. The van der Waals surface area contributed by atoms with Crippen molar-refractivity contribution in [2.75, 3.05) is 32.7 Å². The van der Waals surface area contributed by atoms with Gasteiger partial charge in [-0.25, -0.2) is 4.39 Å². The Balaban J connectivity index is 1.62. The smallest absolute Gasteiger partial charge is 0.174 e. The number of thiocarbonyl (C=S) groups is 1. The van der Waals surface area contributed by atoms with Crippen molar-refractivity contribution in [2.45, 2.75) is 25.8 Å². The highest BCUT2D eigenvalue weighted by molar-refractivity contribution is 7.80. The average Bonchev–Trinajstić information content (AvgIpc) is 2.87. The molecular weight excluding hydrogens is 451 g/mol. The van der Waals surface area contributed by atoms with Crippen molar-refractivity contribution in [3.63, 3.8) is 0 Å². The molecule has 3 aromatic rings. The van der Waals surface area contributed by atoms with E-state index >= 15 is 0 Å². The van der Waals surface area contributed by atoms with Gasteiger partial charge in [0.25, 0.3) is 0 Å². The SMILES string of the molecule is CCc1ccc(OCC2c3cc(OC)c(OC)cc3CCN2C(=S)Nc2ccc(F)cc2)cc1. The molecule has 1 aliphatic rings. The van der Waals surface area contributed by atoms with Crippen LogP contribution in [-0.2, 0) is 12.8 Å². The number of nitrogens with zero attached hydrogens (tertiary/aromatic N) is 1. The molecule has 5 nitrogen and oxygen atoms in total. The van der Waals surface area contributed by atoms with Gasteiger partial charge in [0, 0.05) is 12.2 Å². The lowest BCUT2D eigenvalue weighted by atomic mass is 9.92. The number of halogens is 1. The van der Waals surface area contributed by atoms with Gasteiger partial charge in [-0.3, -0.25) is 0 Å². The minimum atomic E-state index is -0.287. The van der Waals surface area contributed by atoms with Gasteiger partial charge in [0.15, 0.2) is 16.6 Å². The zero-order valence-electron chi connectivity index (χ0n) is 19.6. The number of nitrogens with one attached hydrogen (secondary N) is 1. The molecular formula is C27H29FN2O3S. The van der Waals surface area contributed by atoms with E-state index in [2.05, 4.69) is 29.3 Å². The number of benzene rings is 3. The summed E-state index contributed by atoms with van der Waals surface area (Å²) in [6, 6.07) is 18.2. The van der Waals surface area contributed by atoms with Gasteiger partial charge in [0.2, 0.25) is 0 Å². The molecule has 0 bridgehead atoms. The Labute approximate surface area is 205 Å². The van der Waals surface area contributed by atoms with Crippen LogP contribution < -0.4 is 19.5 Å². The van der Waals surface area contributed by atoms with Crippen LogP contribution in [0.2, 0.25) is 0 Å². The molecule has 0 aromatic heterocycles. The molecule has 0 spiro atoms. The van der Waals surface area contributed by atoms with E-state index in [0.717, 1.165) is 29.8 Å². The fourth-order valence-corrected chi connectivity index (χ4v) is 4.51. The molecule has 34 heavy (non-hydrogen) atoms. The zero-order chi connectivity index (χ0) is 24.1. The van der Waals surface area contributed by atoms with E-state index < -0.39 is 0 Å². The highest BCUT2D eigenvalue weighted by Crippen LogP contribution is 2.38. The van der Waals surface area contributed by atoms with Crippen molar-refractivity contribution in [2.24, 2.45) is 0 Å². The molecule has 1 unspecified atom stereocenters. The first-order chi connectivity index (χ1) is 16.5. The predicted octanol–water partition coefficient (Wildman–Crippen LogP) is 5.78. The summed E-state index contributed by atoms with van der Waals surface area (Å²) in [5.41, 5.74) is 4.25. The van der Waals surface area contributed by atoms with Gasteiger partial charge in [-0.1, -0.05) is 19.1 Å². The Morgan fingerprint density at radius 2 is 1.71 bits per heavy atom. The summed E-state index contributed by atoms with van der Waals surface area (Å²) in [5.74, 6) is 1.89. The lowest BCUT2D eigenvalue weighted by Gasteiger charge is -2.39. The number of ether oxygens (including phenoxy) is 3. The van der Waals surface area contributed by atoms with Crippen LogP contribution in [0.4, 0.5) is 10.1 Å². The third kappa shape index (κ3) is 5.25. The summed E-state index contributed by atoms with van der Waals surface area (Å²) in [5, 5.41) is 3.80. The van der Waals surface area contributed by atoms with Crippen LogP contribution in [0, 0.1) is 5.82 Å². The second-order valence-corrected chi connectivity index (χ2v) is 8.50. The van der Waals surface area contributed by atoms with E-state index in [1.54, 1.807) is 26.4 Å². The molecule has 0 saturated heterocycles. The third-order valence-corrected chi connectivity index (χ3v) is 6.44. The van der Waals surface area contributed by atoms with Crippen molar-refractivity contribution in [1.82, 2.24) is 4.90 Å². The van der Waals surface area contributed by atoms with Crippen molar-refractivity contribution < 1.29 is 18.6 Å². The van der Waals surface area contributed by atoms with Gasteiger partial charge in [0.05, 0.1) is 20.3 Å². The first-order valence-electron chi connectivity index (χ1n) is 11.3. The second-order valence-electron chi connectivity index (χ2n) is 8.11. The lowest BCUT2D eigenvalue weighted by molar-refractivity contribution is 0.190. The average molecular weight is 481 g/mol. The lowest BCUT2D eigenvalue weighted by Crippen LogP contribution is -2.44. The van der Waals surface area contributed by atoms with E-state index in [-0.39, 0.29) is 11.9 Å². The number of anilines is 1. The first kappa shape index (κ1) is 23.8. The minimum absolute atomic E-state index is 0.144. The van der Waals surface area contributed by atoms with E-state index in [1.807, 2.05) is 24.3 Å². The van der Waals surface area contributed by atoms with E-state index in [1.165, 1.54) is 23.3 Å². The molecule has 7 heteroatoms. The largest absolute Gasteiger partial charge is 0.493 e. The fraction of sp³-hybridized carbons (Fsp3) is 0.296. The highest BCUT2D eigenvalue weighted by atomic mass is 32.1. The number of rotatable bonds is 7. The maximum Gasteiger partial charge on any atom is 0.174 e. The van der Waals surface area contributed by atoms with Gasteiger partial charge >= 0.3 is 0 Å². The molecule has 0 amide bonds. The van der Waals surface area contributed by atoms with Crippen LogP contribution in [0.3, 0.4) is 0 Å².